The molecule has 0 heterocycles. The highest BCUT2D eigenvalue weighted by atomic mass is 35.5. The summed E-state index contributed by atoms with van der Waals surface area (Å²) in [5.74, 6) is 0.0740. The molecule has 1 aromatic rings. The van der Waals surface area contributed by atoms with Crippen molar-refractivity contribution in [3.8, 4) is 0 Å². The molecular weight excluding hydrogens is 316 g/mol. The van der Waals surface area contributed by atoms with Crippen molar-refractivity contribution in [1.29, 1.82) is 0 Å². The Morgan fingerprint density at radius 2 is 2.09 bits per heavy atom. The molecule has 2 rings (SSSR count). The number of ether oxygens (including phenoxy) is 1. The molecular formula is C17H23ClN2O3. The largest absolute Gasteiger partial charge is 0.452 e. The standard InChI is InChI=1S/C17H23ClN2O3/c1-10-4-3-5-15(11(10)2)20-16(21)9-23-17(22)13-8-12(18)6-7-14(13)19/h6-8,10-11,15H,3-5,9,19H2,1-2H3,(H,20,21)/t10-,11+,15-/m0/s1. The molecule has 0 spiro atoms. The predicted molar refractivity (Wildman–Crippen MR) is 90.3 cm³/mol. The molecule has 3 N–H and O–H groups in total. The van der Waals surface area contributed by atoms with Crippen LogP contribution in [0, 0.1) is 11.8 Å². The summed E-state index contributed by atoms with van der Waals surface area (Å²) < 4.78 is 5.04. The van der Waals surface area contributed by atoms with Crippen molar-refractivity contribution < 1.29 is 14.3 Å². The van der Waals surface area contributed by atoms with Gasteiger partial charge < -0.3 is 15.8 Å². The third kappa shape index (κ3) is 4.61. The smallest absolute Gasteiger partial charge is 0.340 e. The third-order valence-corrected chi connectivity index (χ3v) is 4.86. The highest BCUT2D eigenvalue weighted by Gasteiger charge is 2.28. The Labute approximate surface area is 141 Å². The number of carbonyl (C=O) groups is 2. The molecule has 1 amide bonds. The summed E-state index contributed by atoms with van der Waals surface area (Å²) in [5, 5.41) is 3.35. The summed E-state index contributed by atoms with van der Waals surface area (Å²) >= 11 is 5.84. The summed E-state index contributed by atoms with van der Waals surface area (Å²) in [6.45, 7) is 4.03. The van der Waals surface area contributed by atoms with Gasteiger partial charge in [0.15, 0.2) is 6.61 Å². The molecule has 23 heavy (non-hydrogen) atoms. The first-order valence-electron chi connectivity index (χ1n) is 7.90. The average Bonchev–Trinajstić information content (AvgIpc) is 2.52. The topological polar surface area (TPSA) is 81.4 Å². The molecule has 0 aliphatic heterocycles. The van der Waals surface area contributed by atoms with Crippen LogP contribution in [0.5, 0.6) is 0 Å². The van der Waals surface area contributed by atoms with Crippen LogP contribution in [0.3, 0.4) is 0 Å². The number of nitrogen functional groups attached to an aromatic ring is 1. The fourth-order valence-corrected chi connectivity index (χ4v) is 3.12. The van der Waals surface area contributed by atoms with E-state index in [1.807, 2.05) is 0 Å². The molecule has 6 heteroatoms. The van der Waals surface area contributed by atoms with Gasteiger partial charge >= 0.3 is 5.97 Å². The van der Waals surface area contributed by atoms with Gasteiger partial charge in [0.2, 0.25) is 0 Å². The Kier molecular flexibility index (Phi) is 5.88. The zero-order valence-corrected chi connectivity index (χ0v) is 14.2. The van der Waals surface area contributed by atoms with E-state index in [9.17, 15) is 9.59 Å². The quantitative estimate of drug-likeness (QED) is 0.653. The summed E-state index contributed by atoms with van der Waals surface area (Å²) in [6, 6.07) is 4.69. The van der Waals surface area contributed by atoms with Crippen LogP contribution in [0.25, 0.3) is 0 Å². The summed E-state index contributed by atoms with van der Waals surface area (Å²) in [7, 11) is 0. The number of nitrogens with one attached hydrogen (secondary N) is 1. The van der Waals surface area contributed by atoms with Gasteiger partial charge in [0.1, 0.15) is 0 Å². The van der Waals surface area contributed by atoms with E-state index in [1.165, 1.54) is 18.6 Å². The second-order valence-corrected chi connectivity index (χ2v) is 6.69. The lowest BCUT2D eigenvalue weighted by atomic mass is 9.78. The Bertz CT molecular complexity index is 591. The van der Waals surface area contributed by atoms with Crippen LogP contribution in [-0.2, 0) is 9.53 Å². The van der Waals surface area contributed by atoms with Crippen molar-refractivity contribution in [2.75, 3.05) is 12.3 Å². The molecule has 0 bridgehead atoms. The van der Waals surface area contributed by atoms with Crippen LogP contribution in [0.2, 0.25) is 5.02 Å². The molecule has 126 valence electrons. The number of halogens is 1. The molecule has 1 fully saturated rings. The average molecular weight is 339 g/mol. The van der Waals surface area contributed by atoms with E-state index < -0.39 is 5.97 Å². The Morgan fingerprint density at radius 1 is 1.35 bits per heavy atom. The van der Waals surface area contributed by atoms with Crippen molar-refractivity contribution in [3.05, 3.63) is 28.8 Å². The molecule has 0 unspecified atom stereocenters. The number of carbonyl (C=O) groups excluding carboxylic acids is 2. The van der Waals surface area contributed by atoms with Crippen LogP contribution < -0.4 is 11.1 Å². The maximum absolute atomic E-state index is 12.0. The Morgan fingerprint density at radius 3 is 2.83 bits per heavy atom. The van der Waals surface area contributed by atoms with Crippen molar-refractivity contribution in [2.24, 2.45) is 11.8 Å². The molecule has 3 atom stereocenters. The molecule has 5 nitrogen and oxygen atoms in total. The molecule has 0 radical (unpaired) electrons. The molecule has 1 aliphatic carbocycles. The molecule has 1 saturated carbocycles. The predicted octanol–water partition coefficient (Wildman–Crippen LogP) is 3.02. The van der Waals surface area contributed by atoms with E-state index in [2.05, 4.69) is 19.2 Å². The van der Waals surface area contributed by atoms with Crippen LogP contribution in [0.4, 0.5) is 5.69 Å². The summed E-state index contributed by atoms with van der Waals surface area (Å²) in [5.41, 5.74) is 6.16. The number of benzene rings is 1. The maximum atomic E-state index is 12.0. The van der Waals surface area contributed by atoms with E-state index in [-0.39, 0.29) is 29.8 Å². The zero-order valence-electron chi connectivity index (χ0n) is 13.5. The number of amides is 1. The van der Waals surface area contributed by atoms with Gasteiger partial charge in [-0.1, -0.05) is 38.3 Å². The lowest BCUT2D eigenvalue weighted by Crippen LogP contribution is -2.45. The third-order valence-electron chi connectivity index (χ3n) is 4.62. The lowest BCUT2D eigenvalue weighted by molar-refractivity contribution is -0.125. The van der Waals surface area contributed by atoms with Crippen molar-refractivity contribution in [1.82, 2.24) is 5.32 Å². The SMILES string of the molecule is C[C@H]1[C@@H](NC(=O)COC(=O)c2cc(Cl)ccc2N)CCC[C@@H]1C. The van der Waals surface area contributed by atoms with Crippen LogP contribution in [0.1, 0.15) is 43.5 Å². The number of hydrogen-bond acceptors (Lipinski definition) is 4. The Balaban J connectivity index is 1.86. The van der Waals surface area contributed by atoms with E-state index in [0.717, 1.165) is 12.8 Å². The first-order valence-corrected chi connectivity index (χ1v) is 8.27. The first kappa shape index (κ1) is 17.6. The number of hydrogen-bond donors (Lipinski definition) is 2. The number of esters is 1. The molecule has 0 aromatic heterocycles. The van der Waals surface area contributed by atoms with Gasteiger partial charge in [-0.05, 0) is 36.5 Å². The minimum atomic E-state index is -0.648. The summed E-state index contributed by atoms with van der Waals surface area (Å²) in [6.07, 6.45) is 3.26. The summed E-state index contributed by atoms with van der Waals surface area (Å²) in [4.78, 5) is 24.0. The molecule has 1 aromatic carbocycles. The van der Waals surface area contributed by atoms with Crippen LogP contribution in [-0.4, -0.2) is 24.5 Å². The number of rotatable bonds is 4. The van der Waals surface area contributed by atoms with Gasteiger partial charge in [-0.2, -0.15) is 0 Å². The second-order valence-electron chi connectivity index (χ2n) is 6.25. The van der Waals surface area contributed by atoms with Gasteiger partial charge in [-0.15, -0.1) is 0 Å². The molecule has 1 aliphatic rings. The fraction of sp³-hybridized carbons (Fsp3) is 0.529. The fourth-order valence-electron chi connectivity index (χ4n) is 2.95. The number of nitrogens with two attached hydrogens (primary N) is 1. The first-order chi connectivity index (χ1) is 10.9. The van der Waals surface area contributed by atoms with E-state index >= 15 is 0 Å². The minimum absolute atomic E-state index is 0.140. The van der Waals surface area contributed by atoms with Gasteiger partial charge in [0.05, 0.1) is 5.56 Å². The highest BCUT2D eigenvalue weighted by molar-refractivity contribution is 6.31. The zero-order chi connectivity index (χ0) is 17.0. The van der Waals surface area contributed by atoms with Gasteiger partial charge in [-0.3, -0.25) is 4.79 Å². The molecule has 0 saturated heterocycles. The van der Waals surface area contributed by atoms with Crippen LogP contribution in [0.15, 0.2) is 18.2 Å². The Hall–Kier alpha value is -1.75. The van der Waals surface area contributed by atoms with E-state index in [1.54, 1.807) is 6.07 Å². The number of anilines is 1. The van der Waals surface area contributed by atoms with Crippen LogP contribution >= 0.6 is 11.6 Å². The monoisotopic (exact) mass is 338 g/mol. The van der Waals surface area contributed by atoms with Gasteiger partial charge in [-0.25, -0.2) is 4.79 Å². The maximum Gasteiger partial charge on any atom is 0.340 e. The van der Waals surface area contributed by atoms with Crippen molar-refractivity contribution in [2.45, 2.75) is 39.2 Å². The minimum Gasteiger partial charge on any atom is -0.452 e. The van der Waals surface area contributed by atoms with Crippen molar-refractivity contribution in [3.63, 3.8) is 0 Å². The van der Waals surface area contributed by atoms with E-state index in [0.29, 0.717) is 16.9 Å². The van der Waals surface area contributed by atoms with Crippen molar-refractivity contribution >= 4 is 29.2 Å². The lowest BCUT2D eigenvalue weighted by Gasteiger charge is -2.34. The van der Waals surface area contributed by atoms with Gasteiger partial charge in [0.25, 0.3) is 5.91 Å². The normalized spacial score (nSPS) is 24.0. The highest BCUT2D eigenvalue weighted by Crippen LogP contribution is 2.29. The van der Waals surface area contributed by atoms with E-state index in [4.69, 9.17) is 22.1 Å². The second kappa shape index (κ2) is 7.68. The van der Waals surface area contributed by atoms with Gasteiger partial charge in [0, 0.05) is 16.8 Å².